The van der Waals surface area contributed by atoms with Gasteiger partial charge in [-0.2, -0.15) is 5.26 Å². The third-order valence-electron chi connectivity index (χ3n) is 4.36. The van der Waals surface area contributed by atoms with E-state index in [4.69, 9.17) is 4.74 Å². The van der Waals surface area contributed by atoms with Gasteiger partial charge in [-0.15, -0.1) is 0 Å². The second-order valence-corrected chi connectivity index (χ2v) is 5.74. The smallest absolute Gasteiger partial charge is 0.331 e. The predicted molar refractivity (Wildman–Crippen MR) is 85.6 cm³/mol. The van der Waals surface area contributed by atoms with E-state index in [1.807, 2.05) is 13.0 Å². The Morgan fingerprint density at radius 2 is 1.96 bits per heavy atom. The van der Waals surface area contributed by atoms with Crippen LogP contribution in [0.3, 0.4) is 0 Å². The first-order valence-corrected chi connectivity index (χ1v) is 7.92. The zero-order valence-electron chi connectivity index (χ0n) is 14.0. The molecule has 0 bridgehead atoms. The topological polar surface area (TPSA) is 87.5 Å². The minimum atomic E-state index is -1.82. The van der Waals surface area contributed by atoms with Gasteiger partial charge in [0.15, 0.2) is 5.41 Å². The van der Waals surface area contributed by atoms with E-state index in [9.17, 15) is 19.6 Å². The first-order chi connectivity index (χ1) is 11.4. The molecule has 0 unspecified atom stereocenters. The number of imide groups is 1. The number of amides is 2. The van der Waals surface area contributed by atoms with Crippen molar-refractivity contribution >= 4 is 17.8 Å². The minimum Gasteiger partial charge on any atom is -0.465 e. The van der Waals surface area contributed by atoms with Gasteiger partial charge in [0, 0.05) is 13.0 Å². The van der Waals surface area contributed by atoms with Crippen LogP contribution in [-0.2, 0) is 24.5 Å². The molecule has 1 saturated heterocycles. The van der Waals surface area contributed by atoms with E-state index < -0.39 is 23.2 Å². The molecular weight excluding hydrogens is 308 g/mol. The van der Waals surface area contributed by atoms with E-state index in [1.165, 1.54) is 0 Å². The number of ether oxygens (including phenoxy) is 1. The van der Waals surface area contributed by atoms with Gasteiger partial charge < -0.3 is 4.74 Å². The average molecular weight is 328 g/mol. The van der Waals surface area contributed by atoms with Gasteiger partial charge in [-0.25, -0.2) is 4.79 Å². The molecular formula is C18H20N2O4. The highest BCUT2D eigenvalue weighted by molar-refractivity contribution is 6.08. The summed E-state index contributed by atoms with van der Waals surface area (Å²) in [5.41, 5.74) is -0.489. The number of esters is 1. The molecule has 0 N–H and O–H groups in total. The summed E-state index contributed by atoms with van der Waals surface area (Å²) < 4.78 is 5.10. The van der Waals surface area contributed by atoms with Crippen LogP contribution in [-0.4, -0.2) is 35.8 Å². The molecule has 0 saturated carbocycles. The number of hydrogen-bond acceptors (Lipinski definition) is 5. The van der Waals surface area contributed by atoms with Crippen LogP contribution < -0.4 is 0 Å². The largest absolute Gasteiger partial charge is 0.465 e. The lowest BCUT2D eigenvalue weighted by molar-refractivity contribution is -0.153. The number of carbonyl (C=O) groups excluding carboxylic acids is 3. The predicted octanol–water partition coefficient (Wildman–Crippen LogP) is 1.71. The lowest BCUT2D eigenvalue weighted by Crippen LogP contribution is -2.46. The van der Waals surface area contributed by atoms with Crippen molar-refractivity contribution < 1.29 is 19.1 Å². The molecule has 0 radical (unpaired) electrons. The Hall–Kier alpha value is -2.68. The Labute approximate surface area is 141 Å². The van der Waals surface area contributed by atoms with Gasteiger partial charge in [0.25, 0.3) is 0 Å². The zero-order chi connectivity index (χ0) is 17.9. The molecule has 0 spiro atoms. The number of likely N-dealkylation sites (tertiary alicyclic amines) is 1. The number of benzene rings is 1. The Morgan fingerprint density at radius 3 is 2.42 bits per heavy atom. The van der Waals surface area contributed by atoms with Gasteiger partial charge in [-0.1, -0.05) is 29.8 Å². The van der Waals surface area contributed by atoms with Crippen LogP contribution in [0.4, 0.5) is 0 Å². The maximum absolute atomic E-state index is 12.7. The molecule has 1 aliphatic heterocycles. The summed E-state index contributed by atoms with van der Waals surface area (Å²) >= 11 is 0. The summed E-state index contributed by atoms with van der Waals surface area (Å²) in [6, 6.07) is 8.81. The van der Waals surface area contributed by atoms with Gasteiger partial charge >= 0.3 is 5.97 Å². The molecule has 2 amide bonds. The van der Waals surface area contributed by atoms with Crippen molar-refractivity contribution in [3.05, 3.63) is 35.4 Å². The molecule has 1 aliphatic rings. The molecule has 1 heterocycles. The lowest BCUT2D eigenvalue weighted by atomic mass is 9.70. The van der Waals surface area contributed by atoms with Crippen LogP contribution in [0.15, 0.2) is 24.3 Å². The summed E-state index contributed by atoms with van der Waals surface area (Å²) in [5.74, 6) is -2.74. The summed E-state index contributed by atoms with van der Waals surface area (Å²) in [6.07, 6.45) is -0.174. The Morgan fingerprint density at radius 1 is 1.33 bits per heavy atom. The highest BCUT2D eigenvalue weighted by atomic mass is 16.5. The number of nitriles is 1. The van der Waals surface area contributed by atoms with E-state index in [2.05, 4.69) is 0 Å². The van der Waals surface area contributed by atoms with Crippen molar-refractivity contribution in [2.24, 2.45) is 5.92 Å². The summed E-state index contributed by atoms with van der Waals surface area (Å²) in [5, 5.41) is 9.89. The third-order valence-corrected chi connectivity index (χ3v) is 4.36. The van der Waals surface area contributed by atoms with E-state index in [1.54, 1.807) is 38.1 Å². The molecule has 1 fully saturated rings. The van der Waals surface area contributed by atoms with Gasteiger partial charge in [0.1, 0.15) is 0 Å². The maximum atomic E-state index is 12.7. The number of rotatable bonds is 5. The molecule has 126 valence electrons. The normalized spacial score (nSPS) is 19.8. The lowest BCUT2D eigenvalue weighted by Gasteiger charge is -2.29. The summed E-state index contributed by atoms with van der Waals surface area (Å²) in [7, 11) is 0. The standard InChI is InChI=1S/C18H20N2O4/c1-4-20-15(21)10-14(16(20)22)18(11-19,17(23)24-5-2)13-8-6-12(3)7-9-13/h6-9,14H,4-5,10H2,1-3H3/t14-,18-/m1/s1. The van der Waals surface area contributed by atoms with Crippen LogP contribution >= 0.6 is 0 Å². The Balaban J connectivity index is 2.61. The van der Waals surface area contributed by atoms with Crippen molar-refractivity contribution in [3.63, 3.8) is 0 Å². The molecule has 0 aliphatic carbocycles. The Bertz CT molecular complexity index is 705. The monoisotopic (exact) mass is 328 g/mol. The van der Waals surface area contributed by atoms with Crippen molar-refractivity contribution in [3.8, 4) is 6.07 Å². The van der Waals surface area contributed by atoms with Crippen LogP contribution in [0.1, 0.15) is 31.4 Å². The second kappa shape index (κ2) is 6.83. The van der Waals surface area contributed by atoms with Crippen LogP contribution in [0.25, 0.3) is 0 Å². The first-order valence-electron chi connectivity index (χ1n) is 7.92. The fourth-order valence-corrected chi connectivity index (χ4v) is 3.06. The van der Waals surface area contributed by atoms with Gasteiger partial charge in [0.05, 0.1) is 18.6 Å². The first kappa shape index (κ1) is 17.7. The highest BCUT2D eigenvalue weighted by Crippen LogP contribution is 2.40. The third kappa shape index (κ3) is 2.67. The Kier molecular flexibility index (Phi) is 5.03. The van der Waals surface area contributed by atoms with Crippen LogP contribution in [0.2, 0.25) is 0 Å². The van der Waals surface area contributed by atoms with E-state index in [-0.39, 0.29) is 25.5 Å². The summed E-state index contributed by atoms with van der Waals surface area (Å²) in [6.45, 7) is 5.50. The molecule has 24 heavy (non-hydrogen) atoms. The van der Waals surface area contributed by atoms with Crippen LogP contribution in [0.5, 0.6) is 0 Å². The molecule has 2 rings (SSSR count). The maximum Gasteiger partial charge on any atom is 0.331 e. The second-order valence-electron chi connectivity index (χ2n) is 5.74. The molecule has 6 nitrogen and oxygen atoms in total. The van der Waals surface area contributed by atoms with E-state index in [0.717, 1.165) is 10.5 Å². The fraction of sp³-hybridized carbons (Fsp3) is 0.444. The quantitative estimate of drug-likeness (QED) is 0.606. The number of hydrogen-bond donors (Lipinski definition) is 0. The summed E-state index contributed by atoms with van der Waals surface area (Å²) in [4.78, 5) is 38.5. The SMILES string of the molecule is CCOC(=O)[C@](C#N)(c1ccc(C)cc1)[C@@H]1CC(=O)N(CC)C1=O. The van der Waals surface area contributed by atoms with Crippen molar-refractivity contribution in [2.75, 3.05) is 13.2 Å². The zero-order valence-corrected chi connectivity index (χ0v) is 14.0. The molecule has 0 aromatic heterocycles. The van der Waals surface area contributed by atoms with Crippen molar-refractivity contribution in [2.45, 2.75) is 32.6 Å². The number of nitrogens with zero attached hydrogens (tertiary/aromatic N) is 2. The molecule has 6 heteroatoms. The van der Waals surface area contributed by atoms with Crippen molar-refractivity contribution in [1.82, 2.24) is 4.90 Å². The van der Waals surface area contributed by atoms with E-state index >= 15 is 0 Å². The average Bonchev–Trinajstić information content (AvgIpc) is 2.85. The highest BCUT2D eigenvalue weighted by Gasteiger charge is 2.57. The van der Waals surface area contributed by atoms with Crippen molar-refractivity contribution in [1.29, 1.82) is 5.26 Å². The molecule has 2 atom stereocenters. The molecule has 1 aromatic rings. The van der Waals surface area contributed by atoms with Gasteiger partial charge in [-0.3, -0.25) is 14.5 Å². The fourth-order valence-electron chi connectivity index (χ4n) is 3.06. The van der Waals surface area contributed by atoms with Gasteiger partial charge in [-0.05, 0) is 26.3 Å². The number of carbonyl (C=O) groups is 3. The van der Waals surface area contributed by atoms with Crippen LogP contribution in [0, 0.1) is 24.2 Å². The molecule has 1 aromatic carbocycles. The van der Waals surface area contributed by atoms with E-state index in [0.29, 0.717) is 5.56 Å². The van der Waals surface area contributed by atoms with Gasteiger partial charge in [0.2, 0.25) is 11.8 Å². The minimum absolute atomic E-state index is 0.0838. The number of aryl methyl sites for hydroxylation is 1.